The molecule has 0 aliphatic heterocycles. The summed E-state index contributed by atoms with van der Waals surface area (Å²) in [6.07, 6.45) is -0.561. The van der Waals surface area contributed by atoms with Crippen molar-refractivity contribution in [3.05, 3.63) is 0 Å². The van der Waals surface area contributed by atoms with Gasteiger partial charge in [0, 0.05) is 12.9 Å². The molecule has 0 spiro atoms. The Morgan fingerprint density at radius 2 is 1.76 bits per heavy atom. The highest BCUT2D eigenvalue weighted by atomic mass is 16.4. The molecule has 5 N–H and O–H groups in total. The summed E-state index contributed by atoms with van der Waals surface area (Å²) in [5.74, 6) is -3.10. The molecule has 0 rings (SSSR count). The number of nitrogens with one attached hydrogen (secondary N) is 1. The molecule has 100 valence electrons. The third-order valence-corrected chi connectivity index (χ3v) is 1.31. The first-order valence-corrected chi connectivity index (χ1v) is 5.19. The number of quaternary nitrogens is 1. The number of hydrogen-bond donors (Lipinski definition) is 3. The van der Waals surface area contributed by atoms with E-state index in [1.165, 1.54) is 0 Å². The van der Waals surface area contributed by atoms with Crippen LogP contribution in [0, 0.1) is 0 Å². The second-order valence-electron chi connectivity index (χ2n) is 3.90. The molecule has 0 bridgehead atoms. The van der Waals surface area contributed by atoms with Gasteiger partial charge in [0.25, 0.3) is 0 Å². The first-order chi connectivity index (χ1) is 7.66. The van der Waals surface area contributed by atoms with E-state index in [0.717, 1.165) is 6.92 Å². The highest BCUT2D eigenvalue weighted by Crippen LogP contribution is 1.96. The van der Waals surface area contributed by atoms with E-state index in [1.54, 1.807) is 0 Å². The molecule has 0 aromatic carbocycles. The molecule has 0 fully saturated rings. The maximum Gasteiger partial charge on any atom is 0.326 e. The molecule has 0 aromatic heterocycles. The Balaban J connectivity index is 0. The molecule has 7 nitrogen and oxygen atoms in total. The standard InChI is InChI=1S/C7H11NO5.C3H9N/c1-4(9)8-5(7(12)13)2-3-6(10)11;1-3(2)4/h5H,2-3H2,1H3,(H,8,9)(H,10,11)(H,12,13);3H,4H2,1-2H3/t5-;/m1./s1. The summed E-state index contributed by atoms with van der Waals surface area (Å²) in [5.41, 5.74) is 3.64. The fraction of sp³-hybridized carbons (Fsp3) is 0.700. The number of carboxylic acid groups (broad SMARTS) is 2. The SMILES string of the molecule is CC(=O)N[C@H](CCC(=O)[O-])C(=O)O.CC(C)[NH3+]. The van der Waals surface area contributed by atoms with Crippen molar-refractivity contribution in [3.8, 4) is 0 Å². The quantitative estimate of drug-likeness (QED) is 0.505. The van der Waals surface area contributed by atoms with Crippen LogP contribution >= 0.6 is 0 Å². The van der Waals surface area contributed by atoms with Crippen molar-refractivity contribution in [1.29, 1.82) is 0 Å². The van der Waals surface area contributed by atoms with Gasteiger partial charge in [-0.15, -0.1) is 0 Å². The summed E-state index contributed by atoms with van der Waals surface area (Å²) in [5, 5.41) is 20.6. The van der Waals surface area contributed by atoms with Gasteiger partial charge in [-0.1, -0.05) is 0 Å². The molecule has 0 aromatic rings. The maximum atomic E-state index is 10.5. The van der Waals surface area contributed by atoms with Crippen molar-refractivity contribution in [3.63, 3.8) is 0 Å². The Morgan fingerprint density at radius 1 is 1.35 bits per heavy atom. The van der Waals surface area contributed by atoms with E-state index in [0.29, 0.717) is 6.04 Å². The van der Waals surface area contributed by atoms with Crippen LogP contribution in [0.4, 0.5) is 0 Å². The average Bonchev–Trinajstić information content (AvgIpc) is 2.09. The van der Waals surface area contributed by atoms with Gasteiger partial charge >= 0.3 is 5.97 Å². The molecular formula is C10H20N2O5. The van der Waals surface area contributed by atoms with Crippen molar-refractivity contribution < 1.29 is 30.3 Å². The molecule has 17 heavy (non-hydrogen) atoms. The summed E-state index contributed by atoms with van der Waals surface area (Å²) >= 11 is 0. The highest BCUT2D eigenvalue weighted by molar-refractivity contribution is 5.82. The van der Waals surface area contributed by atoms with Crippen LogP contribution in [-0.4, -0.2) is 35.0 Å². The van der Waals surface area contributed by atoms with E-state index in [2.05, 4.69) is 24.9 Å². The van der Waals surface area contributed by atoms with Crippen LogP contribution in [0.3, 0.4) is 0 Å². The van der Waals surface area contributed by atoms with Crippen molar-refractivity contribution >= 4 is 17.8 Å². The largest absolute Gasteiger partial charge is 0.550 e. The van der Waals surface area contributed by atoms with Gasteiger partial charge < -0.3 is 26.1 Å². The number of aliphatic carboxylic acids is 2. The maximum absolute atomic E-state index is 10.5. The van der Waals surface area contributed by atoms with Crippen molar-refractivity contribution in [2.75, 3.05) is 0 Å². The number of carbonyl (C=O) groups excluding carboxylic acids is 2. The number of carbonyl (C=O) groups is 3. The Hall–Kier alpha value is -1.63. The van der Waals surface area contributed by atoms with Gasteiger partial charge in [-0.05, 0) is 26.7 Å². The molecule has 0 radical (unpaired) electrons. The van der Waals surface area contributed by atoms with Gasteiger partial charge in [0.1, 0.15) is 6.04 Å². The first-order valence-electron chi connectivity index (χ1n) is 5.19. The minimum Gasteiger partial charge on any atom is -0.550 e. The van der Waals surface area contributed by atoms with Gasteiger partial charge in [-0.3, -0.25) is 4.79 Å². The number of rotatable bonds is 5. The molecule has 0 saturated heterocycles. The first kappa shape index (κ1) is 17.8. The molecule has 7 heteroatoms. The summed E-state index contributed by atoms with van der Waals surface area (Å²) < 4.78 is 0. The molecule has 0 saturated carbocycles. The fourth-order valence-corrected chi connectivity index (χ4v) is 0.765. The Labute approximate surface area is 100.0 Å². The normalized spacial score (nSPS) is 11.1. The highest BCUT2D eigenvalue weighted by Gasteiger charge is 2.17. The second kappa shape index (κ2) is 9.59. The van der Waals surface area contributed by atoms with Crippen LogP contribution in [0.15, 0.2) is 0 Å². The minimum atomic E-state index is -1.34. The smallest absolute Gasteiger partial charge is 0.326 e. The molecule has 1 atom stereocenters. The van der Waals surface area contributed by atoms with Crippen molar-refractivity contribution in [1.82, 2.24) is 5.32 Å². The van der Waals surface area contributed by atoms with Gasteiger partial charge in [0.2, 0.25) is 5.91 Å². The Kier molecular flexibility index (Phi) is 10.0. The van der Waals surface area contributed by atoms with Crippen LogP contribution in [0.1, 0.15) is 33.6 Å². The number of carboxylic acids is 2. The van der Waals surface area contributed by atoms with Crippen molar-refractivity contribution in [2.45, 2.75) is 45.7 Å². The lowest BCUT2D eigenvalue weighted by atomic mass is 10.1. The molecular weight excluding hydrogens is 228 g/mol. The summed E-state index contributed by atoms with van der Waals surface area (Å²) in [6.45, 7) is 5.27. The van der Waals surface area contributed by atoms with Crippen molar-refractivity contribution in [2.24, 2.45) is 0 Å². The van der Waals surface area contributed by atoms with Gasteiger partial charge in [0.05, 0.1) is 6.04 Å². The van der Waals surface area contributed by atoms with Gasteiger partial charge in [0.15, 0.2) is 0 Å². The lowest BCUT2D eigenvalue weighted by molar-refractivity contribution is -0.407. The average molecular weight is 248 g/mol. The summed E-state index contributed by atoms with van der Waals surface area (Å²) in [6, 6.07) is -0.574. The molecule has 1 amide bonds. The fourth-order valence-electron chi connectivity index (χ4n) is 0.765. The predicted molar refractivity (Wildman–Crippen MR) is 57.5 cm³/mol. The molecule has 0 aliphatic carbocycles. The van der Waals surface area contributed by atoms with E-state index in [-0.39, 0.29) is 6.42 Å². The number of amides is 1. The zero-order valence-electron chi connectivity index (χ0n) is 10.4. The third kappa shape index (κ3) is 17.0. The Bertz CT molecular complexity index is 263. The summed E-state index contributed by atoms with van der Waals surface area (Å²) in [4.78, 5) is 30.9. The molecule has 0 unspecified atom stereocenters. The van der Waals surface area contributed by atoms with Crippen LogP contribution in [0.5, 0.6) is 0 Å². The lowest BCUT2D eigenvalue weighted by Crippen LogP contribution is -2.57. The molecule has 0 heterocycles. The predicted octanol–water partition coefficient (Wildman–Crippen LogP) is -2.26. The van der Waals surface area contributed by atoms with E-state index in [9.17, 15) is 19.5 Å². The topological polar surface area (TPSA) is 134 Å². The van der Waals surface area contributed by atoms with Crippen LogP contribution in [-0.2, 0) is 14.4 Å². The van der Waals surface area contributed by atoms with Crippen LogP contribution < -0.4 is 16.2 Å². The van der Waals surface area contributed by atoms with E-state index in [1.807, 2.05) is 0 Å². The molecule has 0 aliphatic rings. The van der Waals surface area contributed by atoms with E-state index in [4.69, 9.17) is 5.11 Å². The van der Waals surface area contributed by atoms with Gasteiger partial charge in [-0.2, -0.15) is 0 Å². The number of hydrogen-bond acceptors (Lipinski definition) is 4. The minimum absolute atomic E-state index is 0.169. The zero-order valence-corrected chi connectivity index (χ0v) is 10.4. The summed E-state index contributed by atoms with van der Waals surface area (Å²) in [7, 11) is 0. The zero-order chi connectivity index (χ0) is 14.0. The Morgan fingerprint density at radius 3 is 2.00 bits per heavy atom. The second-order valence-corrected chi connectivity index (χ2v) is 3.90. The third-order valence-electron chi connectivity index (χ3n) is 1.31. The monoisotopic (exact) mass is 248 g/mol. The van der Waals surface area contributed by atoms with Crippen LogP contribution in [0.2, 0.25) is 0 Å². The van der Waals surface area contributed by atoms with Gasteiger partial charge in [-0.25, -0.2) is 4.79 Å². The van der Waals surface area contributed by atoms with E-state index >= 15 is 0 Å². The lowest BCUT2D eigenvalue weighted by Gasteiger charge is -2.12. The van der Waals surface area contributed by atoms with E-state index < -0.39 is 30.3 Å². The van der Waals surface area contributed by atoms with Crippen LogP contribution in [0.25, 0.3) is 0 Å².